The van der Waals surface area contributed by atoms with Gasteiger partial charge in [0.05, 0.1) is 5.92 Å². The summed E-state index contributed by atoms with van der Waals surface area (Å²) in [5.41, 5.74) is 2.15. The molecule has 1 aromatic carbocycles. The summed E-state index contributed by atoms with van der Waals surface area (Å²) < 4.78 is 0.986. The lowest BCUT2D eigenvalue weighted by Gasteiger charge is -2.11. The van der Waals surface area contributed by atoms with Crippen LogP contribution >= 0.6 is 27.3 Å². The van der Waals surface area contributed by atoms with E-state index >= 15 is 0 Å². The highest BCUT2D eigenvalue weighted by Crippen LogP contribution is 2.19. The molecule has 1 unspecified atom stereocenters. The monoisotopic (exact) mass is 324 g/mol. The van der Waals surface area contributed by atoms with E-state index in [1.54, 1.807) is 11.3 Å². The number of carboxylic acids is 1. The number of halogens is 1. The Morgan fingerprint density at radius 2 is 2.06 bits per heavy atom. The van der Waals surface area contributed by atoms with Crippen LogP contribution in [0.4, 0.5) is 0 Å². The first-order valence-corrected chi connectivity index (χ1v) is 7.37. The molecule has 0 aliphatic carbocycles. The Morgan fingerprint density at radius 1 is 1.28 bits per heavy atom. The molecule has 1 heterocycles. The zero-order valence-electron chi connectivity index (χ0n) is 9.67. The fraction of sp³-hybridized carbons (Fsp3) is 0.214. The van der Waals surface area contributed by atoms with E-state index in [4.69, 9.17) is 0 Å². The number of thiophene rings is 1. The molecule has 0 bridgehead atoms. The minimum atomic E-state index is -0.735. The van der Waals surface area contributed by atoms with Gasteiger partial charge in [-0.2, -0.15) is 11.3 Å². The molecule has 0 spiro atoms. The molecule has 2 nitrogen and oxygen atoms in total. The van der Waals surface area contributed by atoms with Crippen LogP contribution in [0.2, 0.25) is 0 Å². The third-order valence-corrected chi connectivity index (χ3v) is 4.01. The first-order chi connectivity index (χ1) is 8.65. The van der Waals surface area contributed by atoms with Gasteiger partial charge in [0, 0.05) is 4.47 Å². The summed E-state index contributed by atoms with van der Waals surface area (Å²) in [7, 11) is 0. The fourth-order valence-corrected chi connectivity index (χ4v) is 3.02. The Labute approximate surface area is 118 Å². The van der Waals surface area contributed by atoms with Gasteiger partial charge in [-0.05, 0) is 52.9 Å². The van der Waals surface area contributed by atoms with E-state index in [-0.39, 0.29) is 5.92 Å². The second kappa shape index (κ2) is 6.16. The number of aliphatic carboxylic acids is 1. The van der Waals surface area contributed by atoms with Gasteiger partial charge < -0.3 is 5.11 Å². The van der Waals surface area contributed by atoms with Crippen molar-refractivity contribution >= 4 is 33.2 Å². The van der Waals surface area contributed by atoms with Crippen LogP contribution in [0, 0.1) is 5.92 Å². The molecule has 94 valence electrons. The van der Waals surface area contributed by atoms with Gasteiger partial charge in [0.2, 0.25) is 0 Å². The second-order valence-electron chi connectivity index (χ2n) is 4.20. The quantitative estimate of drug-likeness (QED) is 0.902. The van der Waals surface area contributed by atoms with Crippen LogP contribution in [0.15, 0.2) is 45.6 Å². The molecule has 0 fully saturated rings. The van der Waals surface area contributed by atoms with Gasteiger partial charge in [-0.1, -0.05) is 28.1 Å². The van der Waals surface area contributed by atoms with E-state index in [1.165, 1.54) is 0 Å². The summed E-state index contributed by atoms with van der Waals surface area (Å²) in [5, 5.41) is 13.3. The fourth-order valence-electron chi connectivity index (χ4n) is 1.89. The van der Waals surface area contributed by atoms with Crippen molar-refractivity contribution in [1.29, 1.82) is 0 Å². The highest BCUT2D eigenvalue weighted by Gasteiger charge is 2.18. The van der Waals surface area contributed by atoms with Crippen molar-refractivity contribution in [2.24, 2.45) is 5.92 Å². The Kier molecular flexibility index (Phi) is 4.55. The van der Waals surface area contributed by atoms with Gasteiger partial charge >= 0.3 is 5.97 Å². The number of benzene rings is 1. The lowest BCUT2D eigenvalue weighted by molar-refractivity contribution is -0.141. The lowest BCUT2D eigenvalue weighted by atomic mass is 9.94. The largest absolute Gasteiger partial charge is 0.481 e. The average molecular weight is 325 g/mol. The molecule has 0 radical (unpaired) electrons. The van der Waals surface area contributed by atoms with Crippen LogP contribution in [0.1, 0.15) is 11.1 Å². The van der Waals surface area contributed by atoms with Crippen molar-refractivity contribution in [3.8, 4) is 0 Å². The first-order valence-electron chi connectivity index (χ1n) is 5.63. The summed E-state index contributed by atoms with van der Waals surface area (Å²) in [6.07, 6.45) is 1.15. The molecule has 1 aromatic heterocycles. The molecular formula is C14H13BrO2S. The maximum Gasteiger partial charge on any atom is 0.307 e. The standard InChI is InChI=1S/C14H13BrO2S/c15-13-3-1-2-10(8-13)6-12(14(16)17)7-11-4-5-18-9-11/h1-5,8-9,12H,6-7H2,(H,16,17). The van der Waals surface area contributed by atoms with E-state index in [0.29, 0.717) is 12.8 Å². The van der Waals surface area contributed by atoms with Gasteiger partial charge in [0.15, 0.2) is 0 Å². The summed E-state index contributed by atoms with van der Waals surface area (Å²) in [4.78, 5) is 11.3. The minimum Gasteiger partial charge on any atom is -0.481 e. The Balaban J connectivity index is 2.09. The maximum absolute atomic E-state index is 11.3. The molecule has 0 aliphatic rings. The zero-order chi connectivity index (χ0) is 13.0. The van der Waals surface area contributed by atoms with Crippen LogP contribution in [0.25, 0.3) is 0 Å². The van der Waals surface area contributed by atoms with Crippen molar-refractivity contribution in [1.82, 2.24) is 0 Å². The Bertz CT molecular complexity index is 522. The van der Waals surface area contributed by atoms with Crippen molar-refractivity contribution < 1.29 is 9.90 Å². The molecule has 1 atom stereocenters. The lowest BCUT2D eigenvalue weighted by Crippen LogP contribution is -2.18. The van der Waals surface area contributed by atoms with Crippen LogP contribution in [0.3, 0.4) is 0 Å². The normalized spacial score (nSPS) is 12.3. The van der Waals surface area contributed by atoms with Gasteiger partial charge in [0.25, 0.3) is 0 Å². The predicted octanol–water partition coefficient (Wildman–Crippen LogP) is 4.00. The number of hydrogen-bond acceptors (Lipinski definition) is 2. The molecule has 1 N–H and O–H groups in total. The molecule has 0 saturated carbocycles. The summed E-state index contributed by atoms with van der Waals surface area (Å²) in [6.45, 7) is 0. The molecule has 2 aromatic rings. The second-order valence-corrected chi connectivity index (χ2v) is 5.90. The molecule has 4 heteroatoms. The third kappa shape index (κ3) is 3.68. The molecule has 0 saturated heterocycles. The van der Waals surface area contributed by atoms with Gasteiger partial charge in [-0.25, -0.2) is 0 Å². The molecule has 0 amide bonds. The van der Waals surface area contributed by atoms with Crippen LogP contribution in [0.5, 0.6) is 0 Å². The van der Waals surface area contributed by atoms with E-state index in [9.17, 15) is 9.90 Å². The molecular weight excluding hydrogens is 312 g/mol. The van der Waals surface area contributed by atoms with Gasteiger partial charge in [-0.15, -0.1) is 0 Å². The highest BCUT2D eigenvalue weighted by molar-refractivity contribution is 9.10. The number of carbonyl (C=O) groups is 1. The van der Waals surface area contributed by atoms with Crippen LogP contribution in [-0.2, 0) is 17.6 Å². The van der Waals surface area contributed by atoms with Gasteiger partial charge in [-0.3, -0.25) is 4.79 Å². The number of rotatable bonds is 5. The van der Waals surface area contributed by atoms with Crippen molar-refractivity contribution in [2.45, 2.75) is 12.8 Å². The van der Waals surface area contributed by atoms with Crippen molar-refractivity contribution in [2.75, 3.05) is 0 Å². The van der Waals surface area contributed by atoms with Crippen LogP contribution < -0.4 is 0 Å². The van der Waals surface area contributed by atoms with E-state index in [1.807, 2.05) is 41.1 Å². The smallest absolute Gasteiger partial charge is 0.307 e. The first kappa shape index (κ1) is 13.3. The van der Waals surface area contributed by atoms with Crippen molar-refractivity contribution in [3.05, 3.63) is 56.7 Å². The number of hydrogen-bond donors (Lipinski definition) is 1. The minimum absolute atomic E-state index is 0.367. The average Bonchev–Trinajstić information content (AvgIpc) is 2.81. The molecule has 0 aliphatic heterocycles. The summed E-state index contributed by atoms with van der Waals surface area (Å²) in [6, 6.07) is 9.81. The topological polar surface area (TPSA) is 37.3 Å². The van der Waals surface area contributed by atoms with Gasteiger partial charge in [0.1, 0.15) is 0 Å². The molecule has 2 rings (SSSR count). The zero-order valence-corrected chi connectivity index (χ0v) is 12.1. The maximum atomic E-state index is 11.3. The summed E-state index contributed by atoms with van der Waals surface area (Å²) in [5.74, 6) is -1.10. The Hall–Kier alpha value is -1.13. The number of carboxylic acid groups (broad SMARTS) is 1. The predicted molar refractivity (Wildman–Crippen MR) is 77.0 cm³/mol. The highest BCUT2D eigenvalue weighted by atomic mass is 79.9. The Morgan fingerprint density at radius 3 is 2.67 bits per heavy atom. The SMILES string of the molecule is O=C(O)C(Cc1ccsc1)Cc1cccc(Br)c1. The van der Waals surface area contributed by atoms with E-state index < -0.39 is 5.97 Å². The summed E-state index contributed by atoms with van der Waals surface area (Å²) >= 11 is 5.01. The third-order valence-electron chi connectivity index (χ3n) is 2.78. The van der Waals surface area contributed by atoms with Crippen molar-refractivity contribution in [3.63, 3.8) is 0 Å². The van der Waals surface area contributed by atoms with E-state index in [0.717, 1.165) is 15.6 Å². The van der Waals surface area contributed by atoms with Crippen LogP contribution in [-0.4, -0.2) is 11.1 Å². The molecule has 18 heavy (non-hydrogen) atoms. The van der Waals surface area contributed by atoms with E-state index in [2.05, 4.69) is 15.9 Å².